The van der Waals surface area contributed by atoms with Gasteiger partial charge in [0.25, 0.3) is 0 Å². The molecule has 0 aromatic rings. The fraction of sp³-hybridized carbons (Fsp3) is 1.00. The van der Waals surface area contributed by atoms with Gasteiger partial charge in [-0.25, -0.2) is 0 Å². The van der Waals surface area contributed by atoms with Gasteiger partial charge < -0.3 is 4.74 Å². The van der Waals surface area contributed by atoms with Crippen molar-refractivity contribution in [1.29, 1.82) is 0 Å². The van der Waals surface area contributed by atoms with Crippen LogP contribution in [0.5, 0.6) is 0 Å². The lowest BCUT2D eigenvalue weighted by atomic mass is 9.78. The topological polar surface area (TPSA) is 9.23 Å². The fourth-order valence-electron chi connectivity index (χ4n) is 5.37. The Balaban J connectivity index is 2.05. The van der Waals surface area contributed by atoms with Crippen molar-refractivity contribution in [2.45, 2.75) is 88.0 Å². The zero-order valence-electron chi connectivity index (χ0n) is 11.3. The average Bonchev–Trinajstić information content (AvgIpc) is 1.91. The molecule has 0 amide bonds. The van der Waals surface area contributed by atoms with Crippen molar-refractivity contribution in [3.05, 3.63) is 0 Å². The second kappa shape index (κ2) is 3.04. The summed E-state index contributed by atoms with van der Waals surface area (Å²) in [5, 5.41) is 1.71. The molecule has 0 aromatic carbocycles. The molecule has 4 aliphatic heterocycles. The van der Waals surface area contributed by atoms with Crippen LogP contribution >= 0.6 is 7.92 Å². The molecule has 2 heteroatoms. The predicted molar refractivity (Wildman–Crippen MR) is 70.6 cm³/mol. The quantitative estimate of drug-likeness (QED) is 0.578. The Morgan fingerprint density at radius 2 is 1.31 bits per heavy atom. The summed E-state index contributed by atoms with van der Waals surface area (Å²) >= 11 is 0. The molecule has 0 radical (unpaired) electrons. The third-order valence-electron chi connectivity index (χ3n) is 4.81. The molecule has 0 N–H and O–H groups in total. The van der Waals surface area contributed by atoms with Crippen LogP contribution in [0, 0.1) is 0 Å². The Labute approximate surface area is 101 Å². The van der Waals surface area contributed by atoms with Crippen LogP contribution in [0.3, 0.4) is 0 Å². The molecule has 0 aliphatic carbocycles. The highest BCUT2D eigenvalue weighted by Crippen LogP contribution is 2.78. The van der Waals surface area contributed by atoms with Gasteiger partial charge in [0.2, 0.25) is 0 Å². The largest absolute Gasteiger partial charge is 0.375 e. The minimum absolute atomic E-state index is 0.109. The molecule has 4 saturated heterocycles. The highest BCUT2D eigenvalue weighted by atomic mass is 31.1. The Kier molecular flexibility index (Phi) is 2.18. The molecule has 1 nitrogen and oxygen atoms in total. The van der Waals surface area contributed by atoms with Crippen LogP contribution in [0.4, 0.5) is 0 Å². The average molecular weight is 240 g/mol. The summed E-state index contributed by atoms with van der Waals surface area (Å²) in [7, 11) is 0.109. The highest BCUT2D eigenvalue weighted by Gasteiger charge is 2.63. The fourth-order valence-corrected chi connectivity index (χ4v) is 11.5. The van der Waals surface area contributed by atoms with Crippen LogP contribution in [0.25, 0.3) is 0 Å². The minimum Gasteiger partial charge on any atom is -0.375 e. The van der Waals surface area contributed by atoms with Crippen molar-refractivity contribution < 1.29 is 4.74 Å². The number of rotatable bonds is 0. The van der Waals surface area contributed by atoms with Crippen molar-refractivity contribution in [2.75, 3.05) is 0 Å². The lowest BCUT2D eigenvalue weighted by molar-refractivity contribution is -0.115. The summed E-state index contributed by atoms with van der Waals surface area (Å²) in [6.07, 6.45) is 6.51. The van der Waals surface area contributed by atoms with Gasteiger partial charge >= 0.3 is 0 Å². The van der Waals surface area contributed by atoms with E-state index >= 15 is 0 Å². The van der Waals surface area contributed by atoms with E-state index in [2.05, 4.69) is 34.6 Å². The van der Waals surface area contributed by atoms with Crippen LogP contribution in [0.15, 0.2) is 0 Å². The van der Waals surface area contributed by atoms with Gasteiger partial charge in [-0.15, -0.1) is 0 Å². The van der Waals surface area contributed by atoms with Gasteiger partial charge in [0.05, 0.1) is 12.2 Å². The lowest BCUT2D eigenvalue weighted by Crippen LogP contribution is -2.61. The lowest BCUT2D eigenvalue weighted by Gasteiger charge is -2.68. The Morgan fingerprint density at radius 3 is 1.62 bits per heavy atom. The standard InChI is InChI=1S/C14H25OP/c1-12(2,3)16-13(4)6-10-8-14(16,5)9-11(7-13)15-10/h10-11H,6-9H2,1-5H3. The first-order chi connectivity index (χ1) is 7.23. The van der Waals surface area contributed by atoms with E-state index in [0.29, 0.717) is 27.7 Å². The molecule has 0 atom stereocenters. The zero-order valence-corrected chi connectivity index (χ0v) is 12.2. The van der Waals surface area contributed by atoms with Gasteiger partial charge in [-0.1, -0.05) is 42.5 Å². The molecule has 4 aliphatic rings. The van der Waals surface area contributed by atoms with Crippen molar-refractivity contribution in [3.63, 3.8) is 0 Å². The van der Waals surface area contributed by atoms with Crippen molar-refractivity contribution in [3.8, 4) is 0 Å². The highest BCUT2D eigenvalue weighted by molar-refractivity contribution is 7.62. The summed E-state index contributed by atoms with van der Waals surface area (Å²) in [5.41, 5.74) is 0. The van der Waals surface area contributed by atoms with Crippen molar-refractivity contribution in [2.24, 2.45) is 0 Å². The van der Waals surface area contributed by atoms with Crippen LogP contribution in [-0.4, -0.2) is 27.7 Å². The maximum absolute atomic E-state index is 6.12. The van der Waals surface area contributed by atoms with E-state index in [0.717, 1.165) is 0 Å². The van der Waals surface area contributed by atoms with Gasteiger partial charge in [0, 0.05) is 0 Å². The summed E-state index contributed by atoms with van der Waals surface area (Å²) in [4.78, 5) is 0. The van der Waals surface area contributed by atoms with E-state index in [1.165, 1.54) is 25.7 Å². The smallest absolute Gasteiger partial charge is 0.0596 e. The van der Waals surface area contributed by atoms with Crippen LogP contribution in [-0.2, 0) is 4.74 Å². The van der Waals surface area contributed by atoms with Crippen molar-refractivity contribution in [1.82, 2.24) is 0 Å². The molecule has 0 aromatic heterocycles. The molecule has 0 spiro atoms. The first-order valence-electron chi connectivity index (χ1n) is 6.69. The van der Waals surface area contributed by atoms with Gasteiger partial charge in [-0.3, -0.25) is 0 Å². The van der Waals surface area contributed by atoms with E-state index in [9.17, 15) is 0 Å². The molecular formula is C14H25OP. The second-order valence-electron chi connectivity index (χ2n) is 7.70. The molecular weight excluding hydrogens is 215 g/mol. The normalized spacial score (nSPS) is 55.7. The summed E-state index contributed by atoms with van der Waals surface area (Å²) < 4.78 is 6.12. The number of hydrogen-bond acceptors (Lipinski definition) is 1. The summed E-state index contributed by atoms with van der Waals surface area (Å²) in [6, 6.07) is 0. The Hall–Kier alpha value is 0.390. The zero-order chi connectivity index (χ0) is 11.8. The molecule has 92 valence electrons. The SMILES string of the molecule is CC(C)(C)P1C2(C)CC3CC1(C)CC(C2)O3. The molecule has 4 fully saturated rings. The van der Waals surface area contributed by atoms with Gasteiger partial charge in [-0.05, 0) is 41.2 Å². The van der Waals surface area contributed by atoms with Crippen LogP contribution in [0.2, 0.25) is 0 Å². The predicted octanol–water partition coefficient (Wildman–Crippen LogP) is 4.14. The van der Waals surface area contributed by atoms with Crippen LogP contribution in [0.1, 0.15) is 60.3 Å². The third kappa shape index (κ3) is 1.44. The minimum atomic E-state index is 0.109. The maximum atomic E-state index is 6.12. The molecule has 4 rings (SSSR count). The molecule has 4 bridgehead atoms. The third-order valence-corrected chi connectivity index (χ3v) is 9.04. The molecule has 0 unspecified atom stereocenters. The van der Waals surface area contributed by atoms with E-state index in [-0.39, 0.29) is 7.92 Å². The van der Waals surface area contributed by atoms with Gasteiger partial charge in [0.1, 0.15) is 0 Å². The van der Waals surface area contributed by atoms with E-state index < -0.39 is 0 Å². The number of ether oxygens (including phenoxy) is 1. The first kappa shape index (κ1) is 11.5. The Bertz CT molecular complexity index is 281. The monoisotopic (exact) mass is 240 g/mol. The number of hydrogen-bond donors (Lipinski definition) is 0. The summed E-state index contributed by atoms with van der Waals surface area (Å²) in [6.45, 7) is 12.5. The van der Waals surface area contributed by atoms with E-state index in [1.807, 2.05) is 0 Å². The van der Waals surface area contributed by atoms with Gasteiger partial charge in [-0.2, -0.15) is 0 Å². The van der Waals surface area contributed by atoms with E-state index in [1.54, 1.807) is 0 Å². The van der Waals surface area contributed by atoms with E-state index in [4.69, 9.17) is 4.74 Å². The summed E-state index contributed by atoms with van der Waals surface area (Å²) in [5.74, 6) is 0. The molecule has 0 saturated carbocycles. The maximum Gasteiger partial charge on any atom is 0.0596 e. The first-order valence-corrected chi connectivity index (χ1v) is 8.03. The van der Waals surface area contributed by atoms with Crippen molar-refractivity contribution >= 4 is 7.92 Å². The van der Waals surface area contributed by atoms with Gasteiger partial charge in [0.15, 0.2) is 0 Å². The molecule has 4 heterocycles. The second-order valence-corrected chi connectivity index (χ2v) is 11.9. The Morgan fingerprint density at radius 1 is 0.938 bits per heavy atom. The van der Waals surface area contributed by atoms with Crippen LogP contribution < -0.4 is 0 Å². The molecule has 16 heavy (non-hydrogen) atoms.